The summed E-state index contributed by atoms with van der Waals surface area (Å²) in [6.07, 6.45) is 3.75. The third-order valence-corrected chi connectivity index (χ3v) is 5.57. The summed E-state index contributed by atoms with van der Waals surface area (Å²) in [5.41, 5.74) is 0.778. The van der Waals surface area contributed by atoms with Crippen LogP contribution in [0.25, 0.3) is 16.3 Å². The second kappa shape index (κ2) is 9.43. The number of rotatable bonds is 7. The fourth-order valence-corrected chi connectivity index (χ4v) is 4.00. The Morgan fingerprint density at radius 3 is 2.69 bits per heavy atom. The van der Waals surface area contributed by atoms with E-state index < -0.39 is 11.6 Å². The molecule has 1 amide bonds. The normalized spacial score (nSPS) is 11.7. The Kier molecular flexibility index (Phi) is 6.95. The molecular weight excluding hydrogens is 416 g/mol. The summed E-state index contributed by atoms with van der Waals surface area (Å²) in [5.74, 6) is -1.72. The van der Waals surface area contributed by atoms with Crippen LogP contribution in [0.2, 0.25) is 5.02 Å². The Balaban J connectivity index is 1.90. The van der Waals surface area contributed by atoms with E-state index in [4.69, 9.17) is 11.6 Å². The molecule has 0 aliphatic carbocycles. The van der Waals surface area contributed by atoms with Crippen LogP contribution < -0.4 is 4.90 Å². The average Bonchev–Trinajstić information content (AvgIpc) is 3.08. The Morgan fingerprint density at radius 2 is 1.97 bits per heavy atom. The van der Waals surface area contributed by atoms with Crippen molar-refractivity contribution in [3.63, 3.8) is 0 Å². The van der Waals surface area contributed by atoms with Gasteiger partial charge in [0.05, 0.1) is 4.70 Å². The number of amides is 1. The molecule has 0 saturated carbocycles. The molecule has 0 aliphatic rings. The molecule has 0 bridgehead atoms. The second-order valence-electron chi connectivity index (χ2n) is 6.73. The highest BCUT2D eigenvalue weighted by Gasteiger charge is 2.19. The van der Waals surface area contributed by atoms with Gasteiger partial charge in [0.15, 0.2) is 10.9 Å². The Hall–Kier alpha value is -2.35. The minimum absolute atomic E-state index is 0.0619. The summed E-state index contributed by atoms with van der Waals surface area (Å²) >= 11 is 7.23. The fourth-order valence-electron chi connectivity index (χ4n) is 2.77. The van der Waals surface area contributed by atoms with Gasteiger partial charge in [-0.25, -0.2) is 13.8 Å². The molecule has 0 aliphatic heterocycles. The first kappa shape index (κ1) is 21.4. The molecule has 29 heavy (non-hydrogen) atoms. The lowest BCUT2D eigenvalue weighted by Crippen LogP contribution is -2.32. The number of carbonyl (C=O) groups is 1. The number of nitrogens with zero attached hydrogens (tertiary/aromatic N) is 3. The third kappa shape index (κ3) is 5.38. The number of benzene rings is 2. The molecule has 0 atom stereocenters. The maximum absolute atomic E-state index is 14.1. The summed E-state index contributed by atoms with van der Waals surface area (Å²) < 4.78 is 28.0. The van der Waals surface area contributed by atoms with Crippen molar-refractivity contribution < 1.29 is 13.6 Å². The van der Waals surface area contributed by atoms with E-state index >= 15 is 0 Å². The van der Waals surface area contributed by atoms with Gasteiger partial charge in [-0.1, -0.05) is 41.1 Å². The smallest absolute Gasteiger partial charge is 0.252 e. The molecule has 3 rings (SSSR count). The molecule has 0 N–H and O–H groups in total. The summed E-state index contributed by atoms with van der Waals surface area (Å²) in [6, 6.07) is 9.20. The molecule has 4 nitrogen and oxygen atoms in total. The highest BCUT2D eigenvalue weighted by atomic mass is 35.5. The molecule has 152 valence electrons. The van der Waals surface area contributed by atoms with Crippen LogP contribution in [0.3, 0.4) is 0 Å². The molecule has 1 aromatic heterocycles. The lowest BCUT2D eigenvalue weighted by Gasteiger charge is -2.19. The van der Waals surface area contributed by atoms with Crippen molar-refractivity contribution in [3.8, 4) is 0 Å². The largest absolute Gasteiger partial charge is 0.309 e. The topological polar surface area (TPSA) is 36.4 Å². The average molecular weight is 436 g/mol. The first-order valence-corrected chi connectivity index (χ1v) is 10.2. The van der Waals surface area contributed by atoms with Gasteiger partial charge in [-0.2, -0.15) is 0 Å². The summed E-state index contributed by atoms with van der Waals surface area (Å²) in [5, 5.41) is 0.866. The summed E-state index contributed by atoms with van der Waals surface area (Å²) in [7, 11) is 3.89. The lowest BCUT2D eigenvalue weighted by molar-refractivity contribution is -0.114. The van der Waals surface area contributed by atoms with E-state index in [9.17, 15) is 13.6 Å². The van der Waals surface area contributed by atoms with Gasteiger partial charge in [-0.15, -0.1) is 0 Å². The molecule has 0 spiro atoms. The van der Waals surface area contributed by atoms with Crippen molar-refractivity contribution in [2.45, 2.75) is 6.42 Å². The molecular formula is C21H20ClF2N3OS. The van der Waals surface area contributed by atoms with Crippen LogP contribution in [0.4, 0.5) is 13.9 Å². The summed E-state index contributed by atoms with van der Waals surface area (Å²) in [4.78, 5) is 20.7. The SMILES string of the molecule is CN(C)CCCN(C(=O)C=Cc1ccccc1Cl)c1nc2c(F)cc(F)cc2s1. The van der Waals surface area contributed by atoms with Crippen LogP contribution >= 0.6 is 22.9 Å². The zero-order valence-corrected chi connectivity index (χ0v) is 17.6. The van der Waals surface area contributed by atoms with Gasteiger partial charge in [0.1, 0.15) is 11.3 Å². The number of halogens is 3. The summed E-state index contributed by atoms with van der Waals surface area (Å²) in [6.45, 7) is 1.17. The molecule has 2 aromatic carbocycles. The number of fused-ring (bicyclic) bond motifs is 1. The molecule has 0 fully saturated rings. The molecule has 0 saturated heterocycles. The van der Waals surface area contributed by atoms with E-state index in [2.05, 4.69) is 4.98 Å². The fraction of sp³-hybridized carbons (Fsp3) is 0.238. The van der Waals surface area contributed by atoms with Crippen LogP contribution in [-0.2, 0) is 4.79 Å². The molecule has 1 heterocycles. The highest BCUT2D eigenvalue weighted by Crippen LogP contribution is 2.31. The third-order valence-electron chi connectivity index (χ3n) is 4.20. The van der Waals surface area contributed by atoms with Gasteiger partial charge in [-0.3, -0.25) is 9.69 Å². The number of aromatic nitrogens is 1. The first-order chi connectivity index (χ1) is 13.8. The maximum atomic E-state index is 14.1. The molecule has 8 heteroatoms. The molecule has 0 unspecified atom stereocenters. The van der Waals surface area contributed by atoms with Gasteiger partial charge >= 0.3 is 0 Å². The monoisotopic (exact) mass is 435 g/mol. The van der Waals surface area contributed by atoms with Crippen LogP contribution in [0.5, 0.6) is 0 Å². The van der Waals surface area contributed by atoms with E-state index in [1.165, 1.54) is 17.0 Å². The van der Waals surface area contributed by atoms with Crippen molar-refractivity contribution >= 4 is 50.3 Å². The van der Waals surface area contributed by atoms with E-state index in [1.807, 2.05) is 31.1 Å². The Labute approximate surface area is 177 Å². The Morgan fingerprint density at radius 1 is 1.21 bits per heavy atom. The standard InChI is InChI=1S/C21H20ClF2N3OS/c1-26(2)10-5-11-27(19(28)9-8-14-6-3-4-7-16(14)22)21-25-20-17(24)12-15(23)13-18(20)29-21/h3-4,6-9,12-13H,5,10-11H2,1-2H3. The molecule has 0 radical (unpaired) electrons. The van der Waals surface area contributed by atoms with Crippen molar-refractivity contribution in [3.05, 3.63) is 64.7 Å². The van der Waals surface area contributed by atoms with Crippen molar-refractivity contribution in [2.24, 2.45) is 0 Å². The molecule has 3 aromatic rings. The van der Waals surface area contributed by atoms with Crippen molar-refractivity contribution in [1.82, 2.24) is 9.88 Å². The number of carbonyl (C=O) groups excluding carboxylic acids is 1. The quantitative estimate of drug-likeness (QED) is 0.477. The second-order valence-corrected chi connectivity index (χ2v) is 8.15. The predicted octanol–water partition coefficient (Wildman–Crippen LogP) is 5.23. The van der Waals surface area contributed by atoms with Crippen LogP contribution in [0, 0.1) is 11.6 Å². The predicted molar refractivity (Wildman–Crippen MR) is 116 cm³/mol. The first-order valence-electron chi connectivity index (χ1n) is 8.99. The highest BCUT2D eigenvalue weighted by molar-refractivity contribution is 7.22. The minimum Gasteiger partial charge on any atom is -0.309 e. The zero-order chi connectivity index (χ0) is 21.0. The van der Waals surface area contributed by atoms with Gasteiger partial charge in [0.2, 0.25) is 0 Å². The maximum Gasteiger partial charge on any atom is 0.252 e. The van der Waals surface area contributed by atoms with Gasteiger partial charge in [0.25, 0.3) is 5.91 Å². The van der Waals surface area contributed by atoms with Gasteiger partial charge in [0, 0.05) is 23.7 Å². The van der Waals surface area contributed by atoms with E-state index in [0.29, 0.717) is 33.4 Å². The number of hydrogen-bond acceptors (Lipinski definition) is 4. The van der Waals surface area contributed by atoms with Gasteiger partial charge < -0.3 is 4.90 Å². The number of hydrogen-bond donors (Lipinski definition) is 0. The minimum atomic E-state index is -0.741. The lowest BCUT2D eigenvalue weighted by atomic mass is 10.2. The van der Waals surface area contributed by atoms with Crippen LogP contribution in [0.15, 0.2) is 42.5 Å². The number of anilines is 1. The van der Waals surface area contributed by atoms with Crippen LogP contribution in [0.1, 0.15) is 12.0 Å². The Bertz CT molecular complexity index is 1050. The van der Waals surface area contributed by atoms with E-state index in [0.717, 1.165) is 23.9 Å². The van der Waals surface area contributed by atoms with Crippen LogP contribution in [-0.4, -0.2) is 43.0 Å². The zero-order valence-electron chi connectivity index (χ0n) is 16.0. The van der Waals surface area contributed by atoms with Crippen molar-refractivity contribution in [2.75, 3.05) is 32.1 Å². The van der Waals surface area contributed by atoms with E-state index in [1.54, 1.807) is 18.2 Å². The van der Waals surface area contributed by atoms with Gasteiger partial charge in [-0.05, 0) is 50.8 Å². The van der Waals surface area contributed by atoms with Crippen molar-refractivity contribution in [1.29, 1.82) is 0 Å². The van der Waals surface area contributed by atoms with E-state index in [-0.39, 0.29) is 11.4 Å². The number of thiazole rings is 1.